The number of methoxy groups -OCH3 is 2. The van der Waals surface area contributed by atoms with Crippen molar-refractivity contribution >= 4 is 67.6 Å². The highest BCUT2D eigenvalue weighted by molar-refractivity contribution is 6.08. The van der Waals surface area contributed by atoms with E-state index < -0.39 is 18.2 Å². The summed E-state index contributed by atoms with van der Waals surface area (Å²) in [6.07, 6.45) is 6.87. The summed E-state index contributed by atoms with van der Waals surface area (Å²) in [5.41, 5.74) is 3.86. The van der Waals surface area contributed by atoms with Crippen molar-refractivity contribution in [2.45, 2.75) is 78.6 Å². The number of alkyl carbamates (subject to hydrolysis) is 2. The first-order valence-corrected chi connectivity index (χ1v) is 20.1. The minimum Gasteiger partial charge on any atom is -0.453 e. The Labute approximate surface area is 347 Å². The molecule has 6 rings (SSSR count). The van der Waals surface area contributed by atoms with Crippen LogP contribution in [0.4, 0.5) is 14.0 Å². The molecule has 0 aliphatic heterocycles. The maximum absolute atomic E-state index is 16.5. The number of hydrogen-bond acceptors (Lipinski definition) is 8. The lowest BCUT2D eigenvalue weighted by Crippen LogP contribution is -2.51. The van der Waals surface area contributed by atoms with Gasteiger partial charge in [-0.2, -0.15) is 0 Å². The number of hydrogen-bond donors (Lipinski definition) is 4. The van der Waals surface area contributed by atoms with Crippen molar-refractivity contribution in [3.63, 3.8) is 0 Å². The van der Waals surface area contributed by atoms with E-state index in [-0.39, 0.29) is 55.8 Å². The summed E-state index contributed by atoms with van der Waals surface area (Å²) in [7, 11) is 2.49. The molecular formula is C45H51FN8O6. The number of carbonyl (C=O) groups is 4. The molecule has 0 saturated heterocycles. The Balaban J connectivity index is 1.28. The van der Waals surface area contributed by atoms with Gasteiger partial charge in [0.05, 0.1) is 49.4 Å². The predicted molar refractivity (Wildman–Crippen MR) is 229 cm³/mol. The fourth-order valence-corrected chi connectivity index (χ4v) is 7.65. The van der Waals surface area contributed by atoms with E-state index in [1.807, 2.05) is 57.2 Å². The Hall–Kier alpha value is -6.69. The summed E-state index contributed by atoms with van der Waals surface area (Å²) >= 11 is 0. The maximum Gasteiger partial charge on any atom is 0.407 e. The standard InChI is InChI=1S/C45H51FN8O6/c1-8-11-21-53(43(56)40(26(4)5)52-45(58)60-7)24-36-48-34-19-14-28-22-27(13-15-31(28)41(34)50-36)30-16-17-33-32(39(30)46)18-20-35-42(33)51-37(49-35)25-54(29(10-3)12-9-2)38(55)23-47-44(57)59-6/h1,13-20,22,26,29,40H,9-12,21,23-25H2,2-7H3,(H,47,57)(H,48,50)(H,49,51)(H,52,58)/t29?,40-/m0/s1. The van der Waals surface area contributed by atoms with E-state index in [1.54, 1.807) is 28.0 Å². The second-order valence-electron chi connectivity index (χ2n) is 15.0. The molecule has 0 saturated carbocycles. The van der Waals surface area contributed by atoms with Gasteiger partial charge >= 0.3 is 12.2 Å². The first kappa shape index (κ1) is 42.9. The van der Waals surface area contributed by atoms with Crippen LogP contribution in [0.25, 0.3) is 54.7 Å². The lowest BCUT2D eigenvalue weighted by molar-refractivity contribution is -0.135. The summed E-state index contributed by atoms with van der Waals surface area (Å²) in [5.74, 6) is 2.52. The molecule has 1 unspecified atom stereocenters. The zero-order chi connectivity index (χ0) is 43.1. The van der Waals surface area contributed by atoms with E-state index in [2.05, 4.69) is 38.2 Å². The van der Waals surface area contributed by atoms with Gasteiger partial charge in [0.2, 0.25) is 11.8 Å². The van der Waals surface area contributed by atoms with Crippen molar-refractivity contribution in [2.24, 2.45) is 5.92 Å². The van der Waals surface area contributed by atoms with Crippen LogP contribution >= 0.6 is 0 Å². The molecular weight excluding hydrogens is 768 g/mol. The normalized spacial score (nSPS) is 12.4. The highest BCUT2D eigenvalue weighted by Gasteiger charge is 2.30. The molecule has 4 aromatic carbocycles. The molecule has 15 heteroatoms. The van der Waals surface area contributed by atoms with E-state index in [4.69, 9.17) is 21.1 Å². The molecule has 2 heterocycles. The van der Waals surface area contributed by atoms with Crippen LogP contribution in [0.2, 0.25) is 0 Å². The van der Waals surface area contributed by atoms with Crippen molar-refractivity contribution in [1.29, 1.82) is 0 Å². The molecule has 2 aromatic heterocycles. The Morgan fingerprint density at radius 3 is 2.17 bits per heavy atom. The van der Waals surface area contributed by atoms with Crippen LogP contribution in [0.15, 0.2) is 54.6 Å². The minimum atomic E-state index is -0.821. The molecule has 4 N–H and O–H groups in total. The first-order valence-electron chi connectivity index (χ1n) is 20.1. The number of terminal acetylenes is 1. The van der Waals surface area contributed by atoms with Crippen LogP contribution in [0.3, 0.4) is 0 Å². The number of nitrogens with zero attached hydrogens (tertiary/aromatic N) is 4. The lowest BCUT2D eigenvalue weighted by Gasteiger charge is -2.30. The van der Waals surface area contributed by atoms with Crippen LogP contribution < -0.4 is 10.6 Å². The van der Waals surface area contributed by atoms with Gasteiger partial charge in [0, 0.05) is 40.7 Å². The van der Waals surface area contributed by atoms with Gasteiger partial charge in [0.15, 0.2) is 0 Å². The third kappa shape index (κ3) is 9.12. The van der Waals surface area contributed by atoms with Gasteiger partial charge < -0.3 is 39.9 Å². The Morgan fingerprint density at radius 1 is 0.867 bits per heavy atom. The zero-order valence-corrected chi connectivity index (χ0v) is 34.8. The number of carbonyl (C=O) groups excluding carboxylic acids is 4. The monoisotopic (exact) mass is 818 g/mol. The quantitative estimate of drug-likeness (QED) is 0.0725. The van der Waals surface area contributed by atoms with Crippen LogP contribution in [0.5, 0.6) is 0 Å². The van der Waals surface area contributed by atoms with E-state index in [0.29, 0.717) is 56.5 Å². The molecule has 60 heavy (non-hydrogen) atoms. The molecule has 0 spiro atoms. The number of halogens is 1. The average molecular weight is 819 g/mol. The average Bonchev–Trinajstić information content (AvgIpc) is 3.87. The number of amides is 4. The molecule has 314 valence electrons. The number of ether oxygens (including phenoxy) is 2. The second-order valence-corrected chi connectivity index (χ2v) is 15.0. The van der Waals surface area contributed by atoms with Gasteiger partial charge in [-0.25, -0.2) is 23.9 Å². The molecule has 4 amide bonds. The highest BCUT2D eigenvalue weighted by Crippen LogP contribution is 2.35. The predicted octanol–water partition coefficient (Wildman–Crippen LogP) is 7.55. The Morgan fingerprint density at radius 2 is 1.52 bits per heavy atom. The molecule has 6 aromatic rings. The number of aromatic nitrogens is 4. The van der Waals surface area contributed by atoms with Crippen molar-refractivity contribution in [2.75, 3.05) is 27.3 Å². The third-order valence-electron chi connectivity index (χ3n) is 10.8. The van der Waals surface area contributed by atoms with Gasteiger partial charge in [-0.05, 0) is 54.0 Å². The SMILES string of the molecule is C#CCCN(Cc1nc2c(ccc3cc(-c4ccc5c(ccc6[nH]c(CN(C(=O)CNC(=O)OC)C(CC)CCC)nc65)c4F)ccc32)[nH]1)C(=O)[C@@H](NC(=O)OC)C(C)C. The molecule has 0 aliphatic rings. The van der Waals surface area contributed by atoms with Crippen LogP contribution in [-0.2, 0) is 32.2 Å². The van der Waals surface area contributed by atoms with Gasteiger partial charge in [0.1, 0.15) is 30.1 Å². The molecule has 2 atom stereocenters. The summed E-state index contributed by atoms with van der Waals surface area (Å²) in [4.78, 5) is 70.4. The molecule has 0 bridgehead atoms. The van der Waals surface area contributed by atoms with Gasteiger partial charge in [-0.1, -0.05) is 64.4 Å². The number of nitrogens with one attached hydrogen (secondary N) is 4. The molecule has 0 radical (unpaired) electrons. The van der Waals surface area contributed by atoms with Crippen molar-refractivity contribution in [3.05, 3.63) is 72.1 Å². The number of benzene rings is 4. The number of H-pyrrole nitrogens is 2. The number of rotatable bonds is 16. The maximum atomic E-state index is 16.5. The van der Waals surface area contributed by atoms with Crippen LogP contribution in [0, 0.1) is 24.1 Å². The first-order chi connectivity index (χ1) is 28.9. The minimum absolute atomic E-state index is 0.0637. The smallest absolute Gasteiger partial charge is 0.407 e. The zero-order valence-electron chi connectivity index (χ0n) is 34.8. The topological polar surface area (TPSA) is 175 Å². The van der Waals surface area contributed by atoms with Gasteiger partial charge in [0.25, 0.3) is 0 Å². The molecule has 0 aliphatic carbocycles. The van der Waals surface area contributed by atoms with E-state index in [9.17, 15) is 19.2 Å². The summed E-state index contributed by atoms with van der Waals surface area (Å²) in [6.45, 7) is 8.13. The largest absolute Gasteiger partial charge is 0.453 e. The van der Waals surface area contributed by atoms with Gasteiger partial charge in [-0.15, -0.1) is 12.3 Å². The Bertz CT molecular complexity index is 2590. The van der Waals surface area contributed by atoms with Gasteiger partial charge in [-0.3, -0.25) is 9.59 Å². The number of aromatic amines is 2. The van der Waals surface area contributed by atoms with E-state index >= 15 is 4.39 Å². The highest BCUT2D eigenvalue weighted by atomic mass is 19.1. The van der Waals surface area contributed by atoms with Crippen molar-refractivity contribution in [3.8, 4) is 23.5 Å². The fraction of sp³-hybridized carbons (Fsp3) is 0.378. The van der Waals surface area contributed by atoms with E-state index in [0.717, 1.165) is 35.6 Å². The number of imidazole rings is 2. The van der Waals surface area contributed by atoms with Crippen LogP contribution in [-0.4, -0.2) is 93.1 Å². The van der Waals surface area contributed by atoms with Crippen LogP contribution in [0.1, 0.15) is 65.0 Å². The summed E-state index contributed by atoms with van der Waals surface area (Å²) < 4.78 is 25.9. The lowest BCUT2D eigenvalue weighted by atomic mass is 9.97. The molecule has 14 nitrogen and oxygen atoms in total. The Kier molecular flexibility index (Phi) is 13.5. The van der Waals surface area contributed by atoms with Crippen molar-refractivity contribution < 1.29 is 33.0 Å². The number of fused-ring (bicyclic) bond motifs is 6. The summed E-state index contributed by atoms with van der Waals surface area (Å²) in [6, 6.07) is 15.8. The fourth-order valence-electron chi connectivity index (χ4n) is 7.65. The third-order valence-corrected chi connectivity index (χ3v) is 10.8. The second kappa shape index (κ2) is 18.9. The van der Waals surface area contributed by atoms with Crippen molar-refractivity contribution in [1.82, 2.24) is 40.4 Å². The molecule has 0 fully saturated rings. The van der Waals surface area contributed by atoms with E-state index in [1.165, 1.54) is 14.2 Å². The summed E-state index contributed by atoms with van der Waals surface area (Å²) in [5, 5.41) is 7.85.